The molecule has 3 heteroatoms. The summed E-state index contributed by atoms with van der Waals surface area (Å²) < 4.78 is 0. The van der Waals surface area contributed by atoms with Crippen molar-refractivity contribution in [2.24, 2.45) is 5.92 Å². The molecule has 0 aliphatic carbocycles. The molecule has 1 aromatic rings. The van der Waals surface area contributed by atoms with Gasteiger partial charge in [-0.2, -0.15) is 0 Å². The molecular formula is C17H29N3. The van der Waals surface area contributed by atoms with Gasteiger partial charge in [0, 0.05) is 31.2 Å². The molecule has 1 aliphatic rings. The summed E-state index contributed by atoms with van der Waals surface area (Å²) in [6.45, 7) is 14.2. The molecule has 2 rings (SSSR count). The number of rotatable bonds is 4. The third-order valence-electron chi connectivity index (χ3n) is 3.94. The van der Waals surface area contributed by atoms with E-state index in [1.54, 1.807) is 0 Å². The predicted octanol–water partition coefficient (Wildman–Crippen LogP) is 3.20. The third-order valence-corrected chi connectivity index (χ3v) is 3.94. The molecule has 1 saturated heterocycles. The maximum atomic E-state index is 4.79. The van der Waals surface area contributed by atoms with E-state index in [1.807, 2.05) is 0 Å². The first-order chi connectivity index (χ1) is 9.33. The maximum Gasteiger partial charge on any atom is 0.0547 e. The summed E-state index contributed by atoms with van der Waals surface area (Å²) in [4.78, 5) is 7.34. The van der Waals surface area contributed by atoms with Gasteiger partial charge in [0.05, 0.1) is 11.4 Å². The summed E-state index contributed by atoms with van der Waals surface area (Å²) in [5.74, 6) is 0.815. The summed E-state index contributed by atoms with van der Waals surface area (Å²) in [7, 11) is 0. The molecule has 0 bridgehead atoms. The Morgan fingerprint density at radius 2 is 1.95 bits per heavy atom. The lowest BCUT2D eigenvalue weighted by Gasteiger charge is -2.22. The van der Waals surface area contributed by atoms with Gasteiger partial charge >= 0.3 is 0 Å². The van der Waals surface area contributed by atoms with Crippen LogP contribution in [0.25, 0.3) is 0 Å². The summed E-state index contributed by atoms with van der Waals surface area (Å²) in [6, 6.07) is 7.07. The Hall–Kier alpha value is -0.930. The molecule has 1 fully saturated rings. The van der Waals surface area contributed by atoms with Crippen LogP contribution in [0.3, 0.4) is 0 Å². The summed E-state index contributed by atoms with van der Waals surface area (Å²) in [6.07, 6.45) is 1.31. The van der Waals surface area contributed by atoms with Crippen molar-refractivity contribution in [2.45, 2.75) is 65.7 Å². The van der Waals surface area contributed by atoms with Gasteiger partial charge in [-0.25, -0.2) is 0 Å². The van der Waals surface area contributed by atoms with E-state index in [0.717, 1.165) is 24.7 Å². The minimum absolute atomic E-state index is 0.135. The Morgan fingerprint density at radius 1 is 1.25 bits per heavy atom. The second-order valence-electron chi connectivity index (χ2n) is 7.34. The lowest BCUT2D eigenvalue weighted by atomic mass is 10.1. The van der Waals surface area contributed by atoms with Gasteiger partial charge in [-0.05, 0) is 52.2 Å². The zero-order chi connectivity index (χ0) is 14.8. The average Bonchev–Trinajstić information content (AvgIpc) is 2.65. The van der Waals surface area contributed by atoms with Crippen molar-refractivity contribution >= 4 is 0 Å². The minimum Gasteiger partial charge on any atom is -0.306 e. The van der Waals surface area contributed by atoms with E-state index in [9.17, 15) is 0 Å². The van der Waals surface area contributed by atoms with Crippen LogP contribution in [0.2, 0.25) is 0 Å². The Bertz CT molecular complexity index is 436. The Balaban J connectivity index is 1.96. The first-order valence-corrected chi connectivity index (χ1v) is 7.77. The average molecular weight is 275 g/mol. The molecule has 2 heterocycles. The molecule has 3 nitrogen and oxygen atoms in total. The molecule has 1 aliphatic heterocycles. The van der Waals surface area contributed by atoms with Gasteiger partial charge in [0.25, 0.3) is 0 Å². The molecule has 0 saturated carbocycles. The molecule has 1 aromatic heterocycles. The van der Waals surface area contributed by atoms with Crippen LogP contribution < -0.4 is 5.32 Å². The first-order valence-electron chi connectivity index (χ1n) is 7.77. The first kappa shape index (κ1) is 15.5. The second kappa shape index (κ2) is 6.23. The zero-order valence-electron chi connectivity index (χ0n) is 13.6. The molecule has 2 atom stereocenters. The normalized spacial score (nSPS) is 24.2. The van der Waals surface area contributed by atoms with Gasteiger partial charge in [-0.15, -0.1) is 0 Å². The van der Waals surface area contributed by atoms with Crippen LogP contribution in [0.15, 0.2) is 18.2 Å². The van der Waals surface area contributed by atoms with Gasteiger partial charge in [0.15, 0.2) is 0 Å². The fraction of sp³-hybridized carbons (Fsp3) is 0.706. The minimum atomic E-state index is 0.135. The molecule has 1 N–H and O–H groups in total. The predicted molar refractivity (Wildman–Crippen MR) is 84.5 cm³/mol. The van der Waals surface area contributed by atoms with Crippen molar-refractivity contribution in [1.82, 2.24) is 15.2 Å². The lowest BCUT2D eigenvalue weighted by molar-refractivity contribution is 0.253. The molecule has 20 heavy (non-hydrogen) atoms. The molecule has 0 aromatic carbocycles. The van der Waals surface area contributed by atoms with Crippen LogP contribution in [-0.4, -0.2) is 28.0 Å². The van der Waals surface area contributed by atoms with Crippen molar-refractivity contribution in [1.29, 1.82) is 0 Å². The molecular weight excluding hydrogens is 246 g/mol. The van der Waals surface area contributed by atoms with Crippen LogP contribution in [0.1, 0.15) is 52.4 Å². The SMILES string of the molecule is CC1CC(C)N(Cc2cccc(CNC(C)(C)C)n2)C1. The van der Waals surface area contributed by atoms with Crippen LogP contribution in [0.4, 0.5) is 0 Å². The standard InChI is InChI=1S/C17H29N3/c1-13-9-14(2)20(11-13)12-16-8-6-7-15(19-16)10-18-17(3,4)5/h6-8,13-14,18H,9-12H2,1-5H3. The number of nitrogens with one attached hydrogen (secondary N) is 1. The summed E-state index contributed by atoms with van der Waals surface area (Å²) >= 11 is 0. The van der Waals surface area contributed by atoms with E-state index in [2.05, 4.69) is 63.0 Å². The van der Waals surface area contributed by atoms with Crippen molar-refractivity contribution in [2.75, 3.05) is 6.54 Å². The molecule has 0 radical (unpaired) electrons. The van der Waals surface area contributed by atoms with Crippen LogP contribution in [0.5, 0.6) is 0 Å². The summed E-state index contributed by atoms with van der Waals surface area (Å²) in [5.41, 5.74) is 2.47. The highest BCUT2D eigenvalue weighted by molar-refractivity contribution is 5.12. The molecule has 112 valence electrons. The van der Waals surface area contributed by atoms with E-state index >= 15 is 0 Å². The van der Waals surface area contributed by atoms with Crippen molar-refractivity contribution in [3.8, 4) is 0 Å². The topological polar surface area (TPSA) is 28.2 Å². The number of pyridine rings is 1. The van der Waals surface area contributed by atoms with Crippen LogP contribution in [-0.2, 0) is 13.1 Å². The maximum absolute atomic E-state index is 4.79. The van der Waals surface area contributed by atoms with Gasteiger partial charge in [0.1, 0.15) is 0 Å². The number of likely N-dealkylation sites (tertiary alicyclic amines) is 1. The Morgan fingerprint density at radius 3 is 2.55 bits per heavy atom. The fourth-order valence-electron chi connectivity index (χ4n) is 2.89. The monoisotopic (exact) mass is 275 g/mol. The number of hydrogen-bond acceptors (Lipinski definition) is 3. The van der Waals surface area contributed by atoms with Gasteiger partial charge in [0.2, 0.25) is 0 Å². The third kappa shape index (κ3) is 4.57. The Kier molecular flexibility index (Phi) is 4.82. The van der Waals surface area contributed by atoms with Crippen LogP contribution in [0, 0.1) is 5.92 Å². The van der Waals surface area contributed by atoms with Gasteiger partial charge in [-0.1, -0.05) is 13.0 Å². The lowest BCUT2D eigenvalue weighted by Crippen LogP contribution is -2.35. The quantitative estimate of drug-likeness (QED) is 0.914. The largest absolute Gasteiger partial charge is 0.306 e. The van der Waals surface area contributed by atoms with E-state index in [-0.39, 0.29) is 5.54 Å². The number of nitrogens with zero attached hydrogens (tertiary/aromatic N) is 2. The summed E-state index contributed by atoms with van der Waals surface area (Å²) in [5, 5.41) is 3.50. The van der Waals surface area contributed by atoms with E-state index in [1.165, 1.54) is 18.7 Å². The molecule has 0 spiro atoms. The highest BCUT2D eigenvalue weighted by Crippen LogP contribution is 2.23. The van der Waals surface area contributed by atoms with E-state index < -0.39 is 0 Å². The Labute approximate surface area is 123 Å². The molecule has 2 unspecified atom stereocenters. The van der Waals surface area contributed by atoms with Crippen molar-refractivity contribution < 1.29 is 0 Å². The smallest absolute Gasteiger partial charge is 0.0547 e. The number of hydrogen-bond donors (Lipinski definition) is 1. The highest BCUT2D eigenvalue weighted by Gasteiger charge is 2.26. The van der Waals surface area contributed by atoms with Gasteiger partial charge in [-0.3, -0.25) is 9.88 Å². The fourth-order valence-corrected chi connectivity index (χ4v) is 2.89. The van der Waals surface area contributed by atoms with Gasteiger partial charge < -0.3 is 5.32 Å². The number of aromatic nitrogens is 1. The van der Waals surface area contributed by atoms with E-state index in [4.69, 9.17) is 4.98 Å². The van der Waals surface area contributed by atoms with Crippen molar-refractivity contribution in [3.05, 3.63) is 29.6 Å². The van der Waals surface area contributed by atoms with Crippen molar-refractivity contribution in [3.63, 3.8) is 0 Å². The zero-order valence-corrected chi connectivity index (χ0v) is 13.6. The molecule has 0 amide bonds. The highest BCUT2D eigenvalue weighted by atomic mass is 15.2. The van der Waals surface area contributed by atoms with Crippen LogP contribution >= 0.6 is 0 Å². The van der Waals surface area contributed by atoms with E-state index in [0.29, 0.717) is 6.04 Å². The second-order valence-corrected chi connectivity index (χ2v) is 7.34.